The zero-order chi connectivity index (χ0) is 20.8. The molecule has 5 rings (SSSR count). The molecule has 148 valence electrons. The van der Waals surface area contributed by atoms with E-state index < -0.39 is 0 Å². The van der Waals surface area contributed by atoms with Crippen LogP contribution < -0.4 is 4.57 Å². The van der Waals surface area contributed by atoms with Gasteiger partial charge in [-0.25, -0.2) is 4.57 Å². The smallest absolute Gasteiger partial charge is 0.225 e. The zero-order valence-corrected chi connectivity index (χ0v) is 18.1. The predicted molar refractivity (Wildman–Crippen MR) is 126 cm³/mol. The lowest BCUT2D eigenvalue weighted by molar-refractivity contribution is -0.633. The lowest BCUT2D eigenvalue weighted by Gasteiger charge is -2.12. The zero-order valence-electron chi connectivity index (χ0n) is 18.1. The van der Waals surface area contributed by atoms with Crippen molar-refractivity contribution >= 4 is 21.8 Å². The van der Waals surface area contributed by atoms with Crippen LogP contribution in [0.1, 0.15) is 30.9 Å². The fourth-order valence-electron chi connectivity index (χ4n) is 4.50. The molecule has 0 aliphatic rings. The number of fused-ring (bicyclic) bond motifs is 2. The molecule has 5 aromatic rings. The summed E-state index contributed by atoms with van der Waals surface area (Å²) in [5, 5.41) is 2.52. The van der Waals surface area contributed by atoms with Crippen LogP contribution in [0.4, 0.5) is 0 Å². The summed E-state index contributed by atoms with van der Waals surface area (Å²) in [6.07, 6.45) is 0. The van der Waals surface area contributed by atoms with Gasteiger partial charge >= 0.3 is 0 Å². The Hall–Kier alpha value is -3.39. The Morgan fingerprint density at radius 2 is 1.53 bits per heavy atom. The van der Waals surface area contributed by atoms with Crippen LogP contribution in [0.3, 0.4) is 0 Å². The molecule has 0 aliphatic heterocycles. The van der Waals surface area contributed by atoms with Crippen molar-refractivity contribution in [3.8, 4) is 17.1 Å². The Morgan fingerprint density at radius 1 is 0.800 bits per heavy atom. The molecular formula is C28H27N2+. The number of hydrogen-bond donors (Lipinski definition) is 0. The van der Waals surface area contributed by atoms with Gasteiger partial charge in [0, 0.05) is 5.39 Å². The molecule has 1 heterocycles. The number of aromatic nitrogens is 2. The van der Waals surface area contributed by atoms with Gasteiger partial charge < -0.3 is 0 Å². The van der Waals surface area contributed by atoms with Gasteiger partial charge in [0.2, 0.25) is 0 Å². The first kappa shape index (κ1) is 18.6. The normalized spacial score (nSPS) is 11.6. The SMILES string of the molecule is Cc1ccc(C(C)C)cc1-c1n(-c2cccc3ccccc23)c2ccccc2[n+]1C. The Kier molecular flexibility index (Phi) is 4.43. The van der Waals surface area contributed by atoms with E-state index in [1.165, 1.54) is 50.0 Å². The van der Waals surface area contributed by atoms with E-state index in [1.807, 2.05) is 0 Å². The van der Waals surface area contributed by atoms with Gasteiger partial charge in [0.15, 0.2) is 11.0 Å². The van der Waals surface area contributed by atoms with Crippen molar-refractivity contribution in [3.63, 3.8) is 0 Å². The Morgan fingerprint density at radius 3 is 2.37 bits per heavy atom. The first-order valence-electron chi connectivity index (χ1n) is 10.6. The minimum Gasteiger partial charge on any atom is -0.225 e. The molecule has 0 saturated heterocycles. The summed E-state index contributed by atoms with van der Waals surface area (Å²) in [6, 6.07) is 30.8. The summed E-state index contributed by atoms with van der Waals surface area (Å²) in [6.45, 7) is 6.73. The summed E-state index contributed by atoms with van der Waals surface area (Å²) >= 11 is 0. The standard InChI is InChI=1S/C28H27N2/c1-19(2)22-17-16-20(3)24(18-22)28-29(4)26-13-7-8-14-27(26)30(28)25-15-9-11-21-10-5-6-12-23(21)25/h5-19H,1-4H3/q+1. The molecule has 4 aromatic carbocycles. The number of benzene rings is 4. The molecule has 0 radical (unpaired) electrons. The minimum atomic E-state index is 0.491. The van der Waals surface area contributed by atoms with Crippen molar-refractivity contribution in [1.29, 1.82) is 0 Å². The number of hydrogen-bond acceptors (Lipinski definition) is 0. The van der Waals surface area contributed by atoms with E-state index in [-0.39, 0.29) is 0 Å². The van der Waals surface area contributed by atoms with Crippen LogP contribution in [0, 0.1) is 6.92 Å². The van der Waals surface area contributed by atoms with Crippen LogP contribution in [0.25, 0.3) is 38.9 Å². The van der Waals surface area contributed by atoms with E-state index in [0.717, 1.165) is 0 Å². The van der Waals surface area contributed by atoms with Crippen molar-refractivity contribution in [3.05, 3.63) is 96.1 Å². The number of aryl methyl sites for hydroxylation is 2. The third-order valence-corrected chi connectivity index (χ3v) is 6.19. The highest BCUT2D eigenvalue weighted by Crippen LogP contribution is 2.33. The molecule has 1 aromatic heterocycles. The first-order chi connectivity index (χ1) is 14.6. The van der Waals surface area contributed by atoms with Crippen molar-refractivity contribution in [2.45, 2.75) is 26.7 Å². The van der Waals surface area contributed by atoms with Crippen LogP contribution in [-0.2, 0) is 7.05 Å². The van der Waals surface area contributed by atoms with Crippen LogP contribution in [-0.4, -0.2) is 4.57 Å². The summed E-state index contributed by atoms with van der Waals surface area (Å²) < 4.78 is 4.77. The highest BCUT2D eigenvalue weighted by molar-refractivity contribution is 5.93. The summed E-state index contributed by atoms with van der Waals surface area (Å²) in [5.74, 6) is 1.71. The quantitative estimate of drug-likeness (QED) is 0.302. The van der Waals surface area contributed by atoms with E-state index >= 15 is 0 Å². The van der Waals surface area contributed by atoms with Crippen LogP contribution in [0.5, 0.6) is 0 Å². The lowest BCUT2D eigenvalue weighted by Crippen LogP contribution is -2.30. The predicted octanol–water partition coefficient (Wildman–Crippen LogP) is 6.71. The maximum Gasteiger partial charge on any atom is 0.295 e. The van der Waals surface area contributed by atoms with Gasteiger partial charge in [-0.05, 0) is 53.6 Å². The monoisotopic (exact) mass is 391 g/mol. The highest BCUT2D eigenvalue weighted by Gasteiger charge is 2.28. The Labute approximate surface area is 178 Å². The average Bonchev–Trinajstić information content (AvgIpc) is 3.06. The third kappa shape index (κ3) is 2.83. The van der Waals surface area contributed by atoms with E-state index in [1.54, 1.807) is 0 Å². The fourth-order valence-corrected chi connectivity index (χ4v) is 4.50. The minimum absolute atomic E-state index is 0.491. The van der Waals surface area contributed by atoms with E-state index in [0.29, 0.717) is 5.92 Å². The molecule has 0 atom stereocenters. The summed E-state index contributed by atoms with van der Waals surface area (Å²) in [5.41, 5.74) is 7.61. The van der Waals surface area contributed by atoms with E-state index in [2.05, 4.69) is 122 Å². The van der Waals surface area contributed by atoms with Gasteiger partial charge in [-0.2, -0.15) is 4.57 Å². The Balaban J connectivity index is 1.94. The van der Waals surface area contributed by atoms with Gasteiger partial charge in [0.1, 0.15) is 5.69 Å². The second-order valence-corrected chi connectivity index (χ2v) is 8.43. The van der Waals surface area contributed by atoms with E-state index in [9.17, 15) is 0 Å². The van der Waals surface area contributed by atoms with Crippen molar-refractivity contribution < 1.29 is 4.57 Å². The van der Waals surface area contributed by atoms with Gasteiger partial charge in [-0.15, -0.1) is 0 Å². The molecular weight excluding hydrogens is 364 g/mol. The number of para-hydroxylation sites is 2. The van der Waals surface area contributed by atoms with Gasteiger partial charge in [0.05, 0.1) is 12.6 Å². The summed E-state index contributed by atoms with van der Waals surface area (Å²) in [4.78, 5) is 0. The number of imidazole rings is 1. The van der Waals surface area contributed by atoms with Crippen LogP contribution in [0.2, 0.25) is 0 Å². The molecule has 0 amide bonds. The third-order valence-electron chi connectivity index (χ3n) is 6.19. The Bertz CT molecular complexity index is 1380. The molecule has 0 fully saturated rings. The van der Waals surface area contributed by atoms with Gasteiger partial charge in [0.25, 0.3) is 5.82 Å². The molecule has 0 saturated carbocycles. The first-order valence-corrected chi connectivity index (χ1v) is 10.6. The second-order valence-electron chi connectivity index (χ2n) is 8.43. The molecule has 0 spiro atoms. The topological polar surface area (TPSA) is 8.81 Å². The van der Waals surface area contributed by atoms with Crippen molar-refractivity contribution in [1.82, 2.24) is 4.57 Å². The van der Waals surface area contributed by atoms with Crippen molar-refractivity contribution in [2.24, 2.45) is 7.05 Å². The van der Waals surface area contributed by atoms with Crippen molar-refractivity contribution in [2.75, 3.05) is 0 Å². The molecule has 0 aliphatic carbocycles. The van der Waals surface area contributed by atoms with Gasteiger partial charge in [-0.3, -0.25) is 0 Å². The maximum absolute atomic E-state index is 2.43. The molecule has 0 unspecified atom stereocenters. The largest absolute Gasteiger partial charge is 0.295 e. The maximum atomic E-state index is 2.43. The number of nitrogens with zero attached hydrogens (tertiary/aromatic N) is 2. The number of rotatable bonds is 3. The molecule has 2 nitrogen and oxygen atoms in total. The highest BCUT2D eigenvalue weighted by atomic mass is 15.2. The van der Waals surface area contributed by atoms with Gasteiger partial charge in [-0.1, -0.05) is 74.5 Å². The molecule has 0 bridgehead atoms. The van der Waals surface area contributed by atoms with Crippen LogP contribution >= 0.6 is 0 Å². The van der Waals surface area contributed by atoms with Crippen LogP contribution in [0.15, 0.2) is 84.9 Å². The molecule has 2 heteroatoms. The summed E-state index contributed by atoms with van der Waals surface area (Å²) in [7, 11) is 2.18. The second kappa shape index (κ2) is 7.14. The van der Waals surface area contributed by atoms with E-state index in [4.69, 9.17) is 0 Å². The molecule has 0 N–H and O–H groups in total. The molecule has 30 heavy (non-hydrogen) atoms. The average molecular weight is 392 g/mol. The fraction of sp³-hybridized carbons (Fsp3) is 0.179. The lowest BCUT2D eigenvalue weighted by atomic mass is 9.97.